The Morgan fingerprint density at radius 3 is 1.33 bits per heavy atom. The van der Waals surface area contributed by atoms with Crippen LogP contribution in [0.1, 0.15) is 0 Å². The molecule has 1 heterocycles. The zero-order valence-corrected chi connectivity index (χ0v) is 31.8. The summed E-state index contributed by atoms with van der Waals surface area (Å²) in [7, 11) is 0. The van der Waals surface area contributed by atoms with Crippen molar-refractivity contribution >= 4 is 60.4 Å². The van der Waals surface area contributed by atoms with Crippen molar-refractivity contribution in [2.24, 2.45) is 0 Å². The number of para-hydroxylation sites is 2. The molecule has 0 saturated heterocycles. The van der Waals surface area contributed by atoms with E-state index in [1.807, 2.05) is 0 Å². The summed E-state index contributed by atoms with van der Waals surface area (Å²) in [5.74, 6) is 0. The third-order valence-electron chi connectivity index (χ3n) is 11.6. The number of anilines is 3. The van der Waals surface area contributed by atoms with Gasteiger partial charge in [-0.3, -0.25) is 0 Å². The summed E-state index contributed by atoms with van der Waals surface area (Å²) in [4.78, 5) is 2.40. The molecule has 0 aliphatic carbocycles. The van der Waals surface area contributed by atoms with Crippen LogP contribution < -0.4 is 4.90 Å². The first kappa shape index (κ1) is 33.6. The Balaban J connectivity index is 1.02. The van der Waals surface area contributed by atoms with Crippen LogP contribution in [0, 0.1) is 0 Å². The van der Waals surface area contributed by atoms with E-state index in [9.17, 15) is 0 Å². The topological polar surface area (TPSA) is 8.17 Å². The van der Waals surface area contributed by atoms with Gasteiger partial charge in [-0.25, -0.2) is 0 Å². The number of rotatable bonds is 7. The Bertz CT molecular complexity index is 3200. The van der Waals surface area contributed by atoms with E-state index in [4.69, 9.17) is 0 Å². The molecule has 0 saturated carbocycles. The highest BCUT2D eigenvalue weighted by molar-refractivity contribution is 6.09. The second kappa shape index (κ2) is 14.1. The molecule has 10 aromatic carbocycles. The van der Waals surface area contributed by atoms with Crippen LogP contribution in [0.5, 0.6) is 0 Å². The largest absolute Gasteiger partial charge is 0.310 e. The van der Waals surface area contributed by atoms with Crippen LogP contribution in [0.25, 0.3) is 82.4 Å². The molecule has 2 nitrogen and oxygen atoms in total. The van der Waals surface area contributed by atoms with Crippen LogP contribution in [0.4, 0.5) is 17.1 Å². The molecule has 0 amide bonds. The molecule has 0 aliphatic rings. The number of benzene rings is 10. The Labute approximate surface area is 338 Å². The Morgan fingerprint density at radius 1 is 0.293 bits per heavy atom. The molecule has 0 unspecified atom stereocenters. The number of aromatic nitrogens is 1. The fourth-order valence-corrected chi connectivity index (χ4v) is 8.76. The average molecular weight is 739 g/mol. The SMILES string of the molecule is c1ccc(-c2ccc3cc(-c4ccc(N(c5ccc(-n6c7ccccc7c7ccccc76)cc5)c5ccc(-c6ccccc6)c6ccccc56)cc4)ccc3c2)cc1. The summed E-state index contributed by atoms with van der Waals surface area (Å²) in [6.45, 7) is 0. The molecule has 0 aliphatic heterocycles. The lowest BCUT2D eigenvalue weighted by molar-refractivity contribution is 1.17. The molecule has 0 radical (unpaired) electrons. The van der Waals surface area contributed by atoms with E-state index in [1.54, 1.807) is 0 Å². The van der Waals surface area contributed by atoms with Crippen molar-refractivity contribution in [3.63, 3.8) is 0 Å². The Kier molecular flexibility index (Phi) is 8.19. The summed E-state index contributed by atoms with van der Waals surface area (Å²) in [6.07, 6.45) is 0. The maximum atomic E-state index is 2.40. The van der Waals surface area contributed by atoms with E-state index in [0.717, 1.165) is 22.7 Å². The lowest BCUT2D eigenvalue weighted by Crippen LogP contribution is -2.11. The van der Waals surface area contributed by atoms with E-state index >= 15 is 0 Å². The third kappa shape index (κ3) is 5.82. The molecule has 11 rings (SSSR count). The van der Waals surface area contributed by atoms with Crippen molar-refractivity contribution in [3.05, 3.63) is 231 Å². The first-order chi connectivity index (χ1) is 28.8. The zero-order chi connectivity index (χ0) is 38.4. The predicted octanol–water partition coefficient (Wildman–Crippen LogP) is 15.6. The molecule has 0 atom stereocenters. The van der Waals surface area contributed by atoms with Gasteiger partial charge < -0.3 is 9.47 Å². The number of hydrogen-bond donors (Lipinski definition) is 0. The summed E-state index contributed by atoms with van der Waals surface area (Å²) in [6, 6.07) is 83.6. The molecule has 2 heteroatoms. The summed E-state index contributed by atoms with van der Waals surface area (Å²) >= 11 is 0. The van der Waals surface area contributed by atoms with E-state index in [2.05, 4.69) is 240 Å². The molecule has 272 valence electrons. The van der Waals surface area contributed by atoms with Gasteiger partial charge in [0.05, 0.1) is 16.7 Å². The number of fused-ring (bicyclic) bond motifs is 5. The second-order valence-electron chi connectivity index (χ2n) is 15.0. The third-order valence-corrected chi connectivity index (χ3v) is 11.6. The second-order valence-corrected chi connectivity index (χ2v) is 15.0. The van der Waals surface area contributed by atoms with Crippen LogP contribution in [-0.4, -0.2) is 4.57 Å². The van der Waals surface area contributed by atoms with Gasteiger partial charge in [-0.2, -0.15) is 0 Å². The summed E-state index contributed by atoms with van der Waals surface area (Å²) in [5.41, 5.74) is 14.2. The summed E-state index contributed by atoms with van der Waals surface area (Å²) in [5, 5.41) is 7.42. The molecule has 0 fully saturated rings. The normalized spacial score (nSPS) is 11.4. The minimum atomic E-state index is 1.09. The standard InChI is InChI=1S/C56H38N2/c1-3-13-39(14-4-1)42-23-25-45-38-43(24-26-44(45)37-42)40-27-29-46(30-28-40)57(56-36-35-49(41-15-5-2-6-16-41)50-17-7-8-18-51(50)56)47-31-33-48(34-32-47)58-54-21-11-9-19-52(54)53-20-10-12-22-55(53)58/h1-38H. The van der Waals surface area contributed by atoms with Crippen LogP contribution in [0.3, 0.4) is 0 Å². The van der Waals surface area contributed by atoms with Crippen molar-refractivity contribution in [1.29, 1.82) is 0 Å². The van der Waals surface area contributed by atoms with E-state index in [0.29, 0.717) is 0 Å². The van der Waals surface area contributed by atoms with Crippen molar-refractivity contribution in [2.45, 2.75) is 0 Å². The molecule has 1 aromatic heterocycles. The van der Waals surface area contributed by atoms with Gasteiger partial charge in [0.25, 0.3) is 0 Å². The molecular weight excluding hydrogens is 701 g/mol. The molecule has 11 aromatic rings. The van der Waals surface area contributed by atoms with Crippen LogP contribution in [0.15, 0.2) is 231 Å². The van der Waals surface area contributed by atoms with Gasteiger partial charge >= 0.3 is 0 Å². The Hall–Kier alpha value is -7.68. The molecular formula is C56H38N2. The average Bonchev–Trinajstić information content (AvgIpc) is 3.64. The molecule has 0 bridgehead atoms. The van der Waals surface area contributed by atoms with E-state index < -0.39 is 0 Å². The molecule has 58 heavy (non-hydrogen) atoms. The fourth-order valence-electron chi connectivity index (χ4n) is 8.76. The van der Waals surface area contributed by atoms with Crippen LogP contribution in [0.2, 0.25) is 0 Å². The fraction of sp³-hybridized carbons (Fsp3) is 0. The van der Waals surface area contributed by atoms with Crippen molar-refractivity contribution in [3.8, 4) is 39.1 Å². The highest BCUT2D eigenvalue weighted by Crippen LogP contribution is 2.43. The van der Waals surface area contributed by atoms with Gasteiger partial charge in [-0.1, -0.05) is 164 Å². The zero-order valence-electron chi connectivity index (χ0n) is 31.8. The van der Waals surface area contributed by atoms with E-state index in [1.165, 1.54) is 76.7 Å². The first-order valence-corrected chi connectivity index (χ1v) is 19.9. The van der Waals surface area contributed by atoms with Gasteiger partial charge in [0.15, 0.2) is 0 Å². The van der Waals surface area contributed by atoms with Crippen molar-refractivity contribution < 1.29 is 0 Å². The van der Waals surface area contributed by atoms with Crippen molar-refractivity contribution in [1.82, 2.24) is 4.57 Å². The monoisotopic (exact) mass is 738 g/mol. The minimum Gasteiger partial charge on any atom is -0.310 e. The first-order valence-electron chi connectivity index (χ1n) is 19.9. The number of nitrogens with zero attached hydrogens (tertiary/aromatic N) is 2. The lowest BCUT2D eigenvalue weighted by atomic mass is 9.96. The maximum Gasteiger partial charge on any atom is 0.0541 e. The van der Waals surface area contributed by atoms with E-state index in [-0.39, 0.29) is 0 Å². The smallest absolute Gasteiger partial charge is 0.0541 e. The maximum absolute atomic E-state index is 2.40. The lowest BCUT2D eigenvalue weighted by Gasteiger charge is -2.28. The minimum absolute atomic E-state index is 1.09. The van der Waals surface area contributed by atoms with Gasteiger partial charge in [0.2, 0.25) is 0 Å². The number of hydrogen-bond acceptors (Lipinski definition) is 1. The predicted molar refractivity (Wildman–Crippen MR) is 247 cm³/mol. The van der Waals surface area contributed by atoms with Gasteiger partial charge in [0, 0.05) is 33.2 Å². The quantitative estimate of drug-likeness (QED) is 0.158. The molecule has 0 spiro atoms. The van der Waals surface area contributed by atoms with Gasteiger partial charge in [-0.05, 0) is 116 Å². The van der Waals surface area contributed by atoms with Crippen LogP contribution >= 0.6 is 0 Å². The van der Waals surface area contributed by atoms with Crippen molar-refractivity contribution in [2.75, 3.05) is 4.90 Å². The highest BCUT2D eigenvalue weighted by atomic mass is 15.1. The highest BCUT2D eigenvalue weighted by Gasteiger charge is 2.19. The van der Waals surface area contributed by atoms with Crippen LogP contribution in [-0.2, 0) is 0 Å². The van der Waals surface area contributed by atoms with Gasteiger partial charge in [-0.15, -0.1) is 0 Å². The van der Waals surface area contributed by atoms with Gasteiger partial charge in [0.1, 0.15) is 0 Å². The summed E-state index contributed by atoms with van der Waals surface area (Å²) < 4.78 is 2.38. The molecule has 0 N–H and O–H groups in total. The Morgan fingerprint density at radius 2 is 0.741 bits per heavy atom.